The second-order valence-electron chi connectivity index (χ2n) is 12.7. The van der Waals surface area contributed by atoms with E-state index in [1.54, 1.807) is 24.3 Å². The number of carbonyl (C=O) groups is 2. The molecule has 0 aliphatic heterocycles. The minimum Gasteiger partial charge on any atom is -0.494 e. The molecule has 1 aliphatic rings. The molecule has 4 aromatic rings. The fraction of sp³-hybridized carbons (Fsp3) is 0.350. The number of rotatable bonds is 16. The van der Waals surface area contributed by atoms with Crippen LogP contribution in [0, 0.1) is 0 Å². The summed E-state index contributed by atoms with van der Waals surface area (Å²) >= 11 is 3.54. The van der Waals surface area contributed by atoms with Crippen LogP contribution < -0.4 is 23.8 Å². The lowest BCUT2D eigenvalue weighted by Gasteiger charge is -2.35. The number of hydrogen-bond donors (Lipinski definition) is 1. The van der Waals surface area contributed by atoms with Crippen LogP contribution in [0.1, 0.15) is 50.2 Å². The van der Waals surface area contributed by atoms with Crippen LogP contribution in [0.2, 0.25) is 0 Å². The van der Waals surface area contributed by atoms with Crippen LogP contribution in [0.5, 0.6) is 17.2 Å². The summed E-state index contributed by atoms with van der Waals surface area (Å²) in [6, 6.07) is 27.0. The molecule has 2 amide bonds. The van der Waals surface area contributed by atoms with Crippen molar-refractivity contribution in [2.75, 3.05) is 31.7 Å². The molecule has 0 radical (unpaired) electrons. The minimum atomic E-state index is -4.37. The van der Waals surface area contributed by atoms with Gasteiger partial charge in [0.2, 0.25) is 11.8 Å². The maximum atomic E-state index is 14.9. The van der Waals surface area contributed by atoms with Crippen LogP contribution in [0.4, 0.5) is 5.69 Å². The van der Waals surface area contributed by atoms with E-state index in [1.165, 1.54) is 37.3 Å². The molecule has 0 heterocycles. The molecule has 0 aromatic heterocycles. The maximum absolute atomic E-state index is 14.9. The Morgan fingerprint density at radius 3 is 2.19 bits per heavy atom. The van der Waals surface area contributed by atoms with E-state index in [0.717, 1.165) is 52.0 Å². The standard InChI is InChI=1S/C40H46BrN3O7S/c1-4-51-34-20-18-33(19-21-34)44(52(47,48)35-22-23-37(49-2)38(26-35)50-3)28-39(45)43(27-30-14-11-15-31(41)24-30)36(25-29-12-7-5-8-13-29)40(46)42-32-16-9-6-10-17-32/h5,7-8,11-15,18-24,26,32,36H,4,6,9-10,16-17,25,27-28H2,1-3H3,(H,42,46)/t36-/m0/s1. The Labute approximate surface area is 315 Å². The van der Waals surface area contributed by atoms with Gasteiger partial charge in [0.15, 0.2) is 11.5 Å². The number of methoxy groups -OCH3 is 2. The number of anilines is 1. The van der Waals surface area contributed by atoms with E-state index in [9.17, 15) is 18.0 Å². The molecule has 4 aromatic carbocycles. The van der Waals surface area contributed by atoms with Crippen molar-refractivity contribution in [2.24, 2.45) is 0 Å². The monoisotopic (exact) mass is 791 g/mol. The number of amides is 2. The second-order valence-corrected chi connectivity index (χ2v) is 15.4. The Balaban J connectivity index is 1.59. The first-order chi connectivity index (χ1) is 25.1. The molecule has 1 fully saturated rings. The maximum Gasteiger partial charge on any atom is 0.264 e. The van der Waals surface area contributed by atoms with Crippen LogP contribution in [-0.4, -0.2) is 64.6 Å². The fourth-order valence-electron chi connectivity index (χ4n) is 6.44. The smallest absolute Gasteiger partial charge is 0.264 e. The topological polar surface area (TPSA) is 114 Å². The summed E-state index contributed by atoms with van der Waals surface area (Å²) < 4.78 is 47.4. The van der Waals surface area contributed by atoms with E-state index < -0.39 is 28.5 Å². The molecule has 0 saturated heterocycles. The fourth-order valence-corrected chi connectivity index (χ4v) is 8.32. The summed E-state index contributed by atoms with van der Waals surface area (Å²) in [5.41, 5.74) is 1.90. The molecule has 0 bridgehead atoms. The van der Waals surface area contributed by atoms with Crippen molar-refractivity contribution < 1.29 is 32.2 Å². The number of carbonyl (C=O) groups excluding carboxylic acids is 2. The van der Waals surface area contributed by atoms with Crippen molar-refractivity contribution >= 4 is 43.5 Å². The van der Waals surface area contributed by atoms with Gasteiger partial charge in [-0.3, -0.25) is 13.9 Å². The Kier molecular flexibility index (Phi) is 13.6. The molecule has 10 nitrogen and oxygen atoms in total. The second kappa shape index (κ2) is 18.3. The highest BCUT2D eigenvalue weighted by Gasteiger charge is 2.36. The largest absolute Gasteiger partial charge is 0.494 e. The summed E-state index contributed by atoms with van der Waals surface area (Å²) in [4.78, 5) is 30.6. The first kappa shape index (κ1) is 38.7. The van der Waals surface area contributed by atoms with Crippen molar-refractivity contribution in [3.63, 3.8) is 0 Å². The highest BCUT2D eigenvalue weighted by Crippen LogP contribution is 2.33. The number of halogens is 1. The first-order valence-electron chi connectivity index (χ1n) is 17.5. The van der Waals surface area contributed by atoms with Crippen LogP contribution in [-0.2, 0) is 32.6 Å². The van der Waals surface area contributed by atoms with Crippen LogP contribution >= 0.6 is 15.9 Å². The quantitative estimate of drug-likeness (QED) is 0.128. The summed E-state index contributed by atoms with van der Waals surface area (Å²) in [6.07, 6.45) is 5.17. The Morgan fingerprint density at radius 1 is 0.846 bits per heavy atom. The lowest BCUT2D eigenvalue weighted by atomic mass is 9.94. The Morgan fingerprint density at radius 2 is 1.54 bits per heavy atom. The molecule has 52 heavy (non-hydrogen) atoms. The average Bonchev–Trinajstić information content (AvgIpc) is 3.16. The van der Waals surface area contributed by atoms with Gasteiger partial charge in [0.25, 0.3) is 10.0 Å². The molecule has 5 rings (SSSR count). The van der Waals surface area contributed by atoms with Gasteiger partial charge in [0.1, 0.15) is 18.3 Å². The zero-order valence-electron chi connectivity index (χ0n) is 29.8. The SMILES string of the molecule is CCOc1ccc(N(CC(=O)N(Cc2cccc(Br)c2)[C@@H](Cc2ccccc2)C(=O)NC2CCCCC2)S(=O)(=O)c2ccc(OC)c(OC)c2)cc1. The number of nitrogens with one attached hydrogen (secondary N) is 1. The highest BCUT2D eigenvalue weighted by atomic mass is 79.9. The van der Waals surface area contributed by atoms with E-state index in [-0.39, 0.29) is 41.2 Å². The average molecular weight is 793 g/mol. The lowest BCUT2D eigenvalue weighted by molar-refractivity contribution is -0.140. The molecule has 0 spiro atoms. The van der Waals surface area contributed by atoms with Gasteiger partial charge in [-0.1, -0.05) is 77.7 Å². The third-order valence-electron chi connectivity index (χ3n) is 9.12. The Hall–Kier alpha value is -4.55. The molecule has 12 heteroatoms. The van der Waals surface area contributed by atoms with Gasteiger partial charge >= 0.3 is 0 Å². The van der Waals surface area contributed by atoms with E-state index in [1.807, 2.05) is 61.5 Å². The van der Waals surface area contributed by atoms with Crippen LogP contribution in [0.3, 0.4) is 0 Å². The zero-order valence-corrected chi connectivity index (χ0v) is 32.2. The molecule has 1 N–H and O–H groups in total. The number of nitrogens with zero attached hydrogens (tertiary/aromatic N) is 2. The predicted molar refractivity (Wildman–Crippen MR) is 205 cm³/mol. The third-order valence-corrected chi connectivity index (χ3v) is 11.4. The van der Waals surface area contributed by atoms with Gasteiger partial charge < -0.3 is 24.4 Å². The van der Waals surface area contributed by atoms with Gasteiger partial charge in [-0.05, 0) is 79.4 Å². The molecule has 0 unspecified atom stereocenters. The summed E-state index contributed by atoms with van der Waals surface area (Å²) in [6.45, 7) is 1.78. The van der Waals surface area contributed by atoms with Gasteiger partial charge in [0.05, 0.1) is 31.4 Å². The van der Waals surface area contributed by atoms with Crippen LogP contribution in [0.15, 0.2) is 106 Å². The van der Waals surface area contributed by atoms with Gasteiger partial charge in [-0.15, -0.1) is 0 Å². The van der Waals surface area contributed by atoms with Gasteiger partial charge in [0, 0.05) is 29.5 Å². The predicted octanol–water partition coefficient (Wildman–Crippen LogP) is 7.15. The number of sulfonamides is 1. The lowest BCUT2D eigenvalue weighted by Crippen LogP contribution is -2.55. The van der Waals surface area contributed by atoms with E-state index >= 15 is 0 Å². The minimum absolute atomic E-state index is 0.00753. The van der Waals surface area contributed by atoms with Crippen LogP contribution in [0.25, 0.3) is 0 Å². The number of hydrogen-bond acceptors (Lipinski definition) is 7. The van der Waals surface area contributed by atoms with Gasteiger partial charge in [-0.2, -0.15) is 0 Å². The van der Waals surface area contributed by atoms with Crippen molar-refractivity contribution in [1.82, 2.24) is 10.2 Å². The number of benzene rings is 4. The molecule has 1 saturated carbocycles. The van der Waals surface area contributed by atoms with E-state index in [2.05, 4.69) is 21.2 Å². The van der Waals surface area contributed by atoms with Crippen molar-refractivity contribution in [3.05, 3.63) is 113 Å². The normalized spacial score (nSPS) is 13.8. The molecule has 1 aliphatic carbocycles. The third kappa shape index (κ3) is 9.86. The van der Waals surface area contributed by atoms with Gasteiger partial charge in [-0.25, -0.2) is 8.42 Å². The highest BCUT2D eigenvalue weighted by molar-refractivity contribution is 9.10. The van der Waals surface area contributed by atoms with Crippen molar-refractivity contribution in [3.8, 4) is 17.2 Å². The zero-order chi connectivity index (χ0) is 37.1. The van der Waals surface area contributed by atoms with E-state index in [4.69, 9.17) is 14.2 Å². The Bertz CT molecular complexity index is 1900. The number of ether oxygens (including phenoxy) is 3. The van der Waals surface area contributed by atoms with Crippen molar-refractivity contribution in [2.45, 2.75) is 69.0 Å². The summed E-state index contributed by atoms with van der Waals surface area (Å²) in [7, 11) is -1.48. The first-order valence-corrected chi connectivity index (χ1v) is 19.7. The summed E-state index contributed by atoms with van der Waals surface area (Å²) in [5, 5.41) is 3.24. The van der Waals surface area contributed by atoms with E-state index in [0.29, 0.717) is 18.1 Å². The molecular weight excluding hydrogens is 746 g/mol. The molecular formula is C40H46BrN3O7S. The summed E-state index contributed by atoms with van der Waals surface area (Å²) in [5.74, 6) is 0.324. The van der Waals surface area contributed by atoms with Crippen molar-refractivity contribution in [1.29, 1.82) is 0 Å². The molecule has 276 valence electrons. The molecule has 1 atom stereocenters.